The van der Waals surface area contributed by atoms with Gasteiger partial charge in [-0.05, 0) is 50.7 Å². The van der Waals surface area contributed by atoms with Crippen molar-refractivity contribution in [2.24, 2.45) is 5.41 Å². The van der Waals surface area contributed by atoms with Crippen molar-refractivity contribution in [3.63, 3.8) is 0 Å². The Morgan fingerprint density at radius 1 is 1.00 bits per heavy atom. The van der Waals surface area contributed by atoms with Crippen LogP contribution >= 0.6 is 0 Å². The van der Waals surface area contributed by atoms with E-state index in [1.807, 2.05) is 57.2 Å². The van der Waals surface area contributed by atoms with Gasteiger partial charge >= 0.3 is 0 Å². The average Bonchev–Trinajstić information content (AvgIpc) is 3.23. The first kappa shape index (κ1) is 23.2. The fraction of sp³-hybridized carbons (Fsp3) is 0.520. The Labute approximate surface area is 174 Å². The zero-order valence-corrected chi connectivity index (χ0v) is 18.5. The van der Waals surface area contributed by atoms with Gasteiger partial charge in [0.2, 0.25) is 0 Å². The number of ketones is 1. The molecule has 2 aliphatic rings. The largest absolute Gasteiger partial charge is 0.393 e. The van der Waals surface area contributed by atoms with Crippen molar-refractivity contribution in [2.75, 3.05) is 0 Å². The van der Waals surface area contributed by atoms with E-state index in [1.54, 1.807) is 13.0 Å². The molecule has 29 heavy (non-hydrogen) atoms. The molecule has 0 aromatic carbocycles. The minimum absolute atomic E-state index is 0.0823. The summed E-state index contributed by atoms with van der Waals surface area (Å²) in [5.74, 6) is 0.0823. The number of carbonyl (C=O) groups is 2. The lowest BCUT2D eigenvalue weighted by Gasteiger charge is -2.40. The highest BCUT2D eigenvalue weighted by Crippen LogP contribution is 2.67. The Kier molecular flexibility index (Phi) is 7.02. The Bertz CT molecular complexity index is 809. The molecule has 0 amide bonds. The molecule has 0 aromatic rings. The van der Waals surface area contributed by atoms with E-state index >= 15 is 0 Å². The maximum absolute atomic E-state index is 12.8. The number of rotatable bonds is 8. The van der Waals surface area contributed by atoms with Gasteiger partial charge in [-0.15, -0.1) is 0 Å². The third-order valence-corrected chi connectivity index (χ3v) is 6.25. The molecule has 4 nitrogen and oxygen atoms in total. The Hall–Kier alpha value is -2.04. The molecule has 1 saturated heterocycles. The maximum Gasteiger partial charge on any atom is 0.161 e. The summed E-state index contributed by atoms with van der Waals surface area (Å²) in [4.78, 5) is 23.4. The van der Waals surface area contributed by atoms with Gasteiger partial charge in [0.05, 0.1) is 11.7 Å². The minimum Gasteiger partial charge on any atom is -0.393 e. The summed E-state index contributed by atoms with van der Waals surface area (Å²) in [7, 11) is 0. The van der Waals surface area contributed by atoms with Gasteiger partial charge in [0.15, 0.2) is 5.78 Å². The van der Waals surface area contributed by atoms with Crippen LogP contribution in [0.25, 0.3) is 0 Å². The van der Waals surface area contributed by atoms with Crippen molar-refractivity contribution in [1.82, 2.24) is 0 Å². The molecule has 2 fully saturated rings. The molecule has 0 spiro atoms. The van der Waals surface area contributed by atoms with Gasteiger partial charge in [0.1, 0.15) is 11.9 Å². The van der Waals surface area contributed by atoms with Crippen LogP contribution in [0.5, 0.6) is 0 Å². The van der Waals surface area contributed by atoms with Crippen molar-refractivity contribution in [2.45, 2.75) is 78.1 Å². The first-order valence-electron chi connectivity index (χ1n) is 10.2. The third-order valence-electron chi connectivity index (χ3n) is 6.25. The van der Waals surface area contributed by atoms with Crippen molar-refractivity contribution in [1.29, 1.82) is 0 Å². The van der Waals surface area contributed by atoms with E-state index in [0.29, 0.717) is 30.4 Å². The number of carbonyl (C=O) groups excluding carboxylic acids is 2. The SMILES string of the molecule is C\C(C=O)=C/C=C/C=C(C)/C=C/C=C(\C)C(=O)C[C@@]12O[C@]1(C)C[C@@H](O)CC2(C)C. The lowest BCUT2D eigenvalue weighted by atomic mass is 9.61. The van der Waals surface area contributed by atoms with E-state index in [4.69, 9.17) is 4.74 Å². The van der Waals surface area contributed by atoms with Gasteiger partial charge in [0, 0.05) is 12.8 Å². The quantitative estimate of drug-likeness (QED) is 0.276. The zero-order chi connectivity index (χ0) is 21.9. The standard InChI is InChI=1S/C25H34O4/c1-18(10-7-8-11-19(2)17-26)12-9-13-20(3)22(28)16-25-23(4,5)14-21(27)15-24(25,6)29-25/h7-13,17,21,27H,14-16H2,1-6H3/b8-7+,12-9+,18-10+,19-11+,20-13+/t21-,24+,25-/m0/s1. The predicted octanol–water partition coefficient (Wildman–Crippen LogP) is 4.80. The molecule has 1 heterocycles. The molecule has 4 heteroatoms. The van der Waals surface area contributed by atoms with E-state index in [2.05, 4.69) is 13.8 Å². The fourth-order valence-electron chi connectivity index (χ4n) is 4.47. The summed E-state index contributed by atoms with van der Waals surface area (Å²) in [5, 5.41) is 10.1. The summed E-state index contributed by atoms with van der Waals surface area (Å²) in [6, 6.07) is 0. The summed E-state index contributed by atoms with van der Waals surface area (Å²) < 4.78 is 6.11. The van der Waals surface area contributed by atoms with Crippen LogP contribution in [0.3, 0.4) is 0 Å². The van der Waals surface area contributed by atoms with E-state index in [0.717, 1.165) is 11.9 Å². The molecular formula is C25H34O4. The topological polar surface area (TPSA) is 66.9 Å². The number of Topliss-reactive ketones (excluding diaryl/α,β-unsaturated/α-hetero) is 1. The first-order chi connectivity index (χ1) is 13.5. The van der Waals surface area contributed by atoms with Crippen LogP contribution < -0.4 is 0 Å². The first-order valence-corrected chi connectivity index (χ1v) is 10.2. The maximum atomic E-state index is 12.8. The Balaban J connectivity index is 1.99. The van der Waals surface area contributed by atoms with Crippen LogP contribution in [0.2, 0.25) is 0 Å². The highest BCUT2D eigenvalue weighted by Gasteiger charge is 2.76. The summed E-state index contributed by atoms with van der Waals surface area (Å²) >= 11 is 0. The van der Waals surface area contributed by atoms with Crippen molar-refractivity contribution in [3.05, 3.63) is 59.3 Å². The highest BCUT2D eigenvalue weighted by atomic mass is 16.6. The number of allylic oxidation sites excluding steroid dienone is 10. The third kappa shape index (κ3) is 5.12. The van der Waals surface area contributed by atoms with Gasteiger partial charge in [-0.3, -0.25) is 9.59 Å². The number of ether oxygens (including phenoxy) is 1. The second-order valence-corrected chi connectivity index (χ2v) is 9.24. The van der Waals surface area contributed by atoms with Gasteiger partial charge in [0.25, 0.3) is 0 Å². The van der Waals surface area contributed by atoms with Crippen molar-refractivity contribution < 1.29 is 19.4 Å². The molecule has 2 rings (SSSR count). The smallest absolute Gasteiger partial charge is 0.161 e. The van der Waals surface area contributed by atoms with Gasteiger partial charge in [-0.2, -0.15) is 0 Å². The molecule has 1 saturated carbocycles. The van der Waals surface area contributed by atoms with E-state index < -0.39 is 11.2 Å². The molecular weight excluding hydrogens is 364 g/mol. The molecule has 0 unspecified atom stereocenters. The lowest BCUT2D eigenvalue weighted by Crippen LogP contribution is -2.48. The molecule has 3 atom stereocenters. The summed E-state index contributed by atoms with van der Waals surface area (Å²) in [6.07, 6.45) is 15.1. The second kappa shape index (κ2) is 8.76. The van der Waals surface area contributed by atoms with Crippen molar-refractivity contribution in [3.8, 4) is 0 Å². The van der Waals surface area contributed by atoms with E-state index in [9.17, 15) is 14.7 Å². The number of hydrogen-bond acceptors (Lipinski definition) is 4. The van der Waals surface area contributed by atoms with Crippen LogP contribution in [-0.2, 0) is 14.3 Å². The lowest BCUT2D eigenvalue weighted by molar-refractivity contribution is -0.118. The normalized spacial score (nSPS) is 32.5. The van der Waals surface area contributed by atoms with E-state index in [-0.39, 0.29) is 17.3 Å². The number of epoxide rings is 1. The molecule has 0 bridgehead atoms. The van der Waals surface area contributed by atoms with Crippen LogP contribution in [0.4, 0.5) is 0 Å². The molecule has 158 valence electrons. The zero-order valence-electron chi connectivity index (χ0n) is 18.5. The van der Waals surface area contributed by atoms with Gasteiger partial charge in [-0.1, -0.05) is 62.0 Å². The van der Waals surface area contributed by atoms with Crippen LogP contribution in [0.15, 0.2) is 59.3 Å². The number of aliphatic hydroxyl groups is 1. The number of aldehydes is 1. The molecule has 1 aliphatic carbocycles. The number of aliphatic hydroxyl groups excluding tert-OH is 1. The van der Waals surface area contributed by atoms with Crippen molar-refractivity contribution >= 4 is 12.1 Å². The van der Waals surface area contributed by atoms with Gasteiger partial charge < -0.3 is 9.84 Å². The van der Waals surface area contributed by atoms with Crippen LogP contribution in [0.1, 0.15) is 60.8 Å². The highest BCUT2D eigenvalue weighted by molar-refractivity contribution is 5.96. The molecule has 0 radical (unpaired) electrons. The molecule has 1 aliphatic heterocycles. The Morgan fingerprint density at radius 3 is 2.21 bits per heavy atom. The summed E-state index contributed by atoms with van der Waals surface area (Å²) in [5.41, 5.74) is 1.27. The number of hydrogen-bond donors (Lipinski definition) is 1. The van der Waals surface area contributed by atoms with Crippen LogP contribution in [-0.4, -0.2) is 34.5 Å². The molecule has 0 aromatic heterocycles. The predicted molar refractivity (Wildman–Crippen MR) is 116 cm³/mol. The fourth-order valence-corrected chi connectivity index (χ4v) is 4.47. The van der Waals surface area contributed by atoms with Gasteiger partial charge in [-0.25, -0.2) is 0 Å². The Morgan fingerprint density at radius 2 is 1.62 bits per heavy atom. The monoisotopic (exact) mass is 398 g/mol. The number of fused-ring (bicyclic) bond motifs is 1. The van der Waals surface area contributed by atoms with E-state index in [1.165, 1.54) is 0 Å². The molecule has 1 N–H and O–H groups in total. The second-order valence-electron chi connectivity index (χ2n) is 9.24. The minimum atomic E-state index is -0.483. The van der Waals surface area contributed by atoms with Crippen LogP contribution in [0, 0.1) is 5.41 Å². The summed E-state index contributed by atoms with van der Waals surface area (Å²) in [6.45, 7) is 11.7. The average molecular weight is 399 g/mol.